The molecule has 0 radical (unpaired) electrons. The summed E-state index contributed by atoms with van der Waals surface area (Å²) in [7, 11) is 0. The number of Topliss-reactive ketones (excluding diaryl/α,β-unsaturated/α-hetero) is 2. The van der Waals surface area contributed by atoms with Crippen molar-refractivity contribution in [3.05, 3.63) is 11.8 Å². The van der Waals surface area contributed by atoms with Crippen molar-refractivity contribution in [2.75, 3.05) is 0 Å². The highest BCUT2D eigenvalue weighted by molar-refractivity contribution is 6.18. The Morgan fingerprint density at radius 1 is 1.22 bits per heavy atom. The molecular weight excluding hydrogens is 118 g/mol. The maximum Gasteiger partial charge on any atom is 0.164 e. The minimum absolute atomic E-state index is 0.0648. The maximum absolute atomic E-state index is 10.4. The van der Waals surface area contributed by atoms with Crippen LogP contribution in [-0.2, 0) is 9.59 Å². The third-order valence-electron chi connectivity index (χ3n) is 0.925. The smallest absolute Gasteiger partial charge is 0.164 e. The third-order valence-corrected chi connectivity index (χ3v) is 0.925. The van der Waals surface area contributed by atoms with Crippen LogP contribution in [0.5, 0.6) is 0 Å². The quantitative estimate of drug-likeness (QED) is 0.323. The fraction of sp³-hybridized carbons (Fsp3) is 0.333. The van der Waals surface area contributed by atoms with Crippen molar-refractivity contribution < 1.29 is 9.59 Å². The molecule has 0 rings (SSSR count). The van der Waals surface area contributed by atoms with E-state index in [1.54, 1.807) is 0 Å². The third kappa shape index (κ3) is 2.08. The average Bonchev–Trinajstić information content (AvgIpc) is 1.64. The number of carbonyl (C=O) groups is 2. The van der Waals surface area contributed by atoms with Crippen LogP contribution in [0.1, 0.15) is 13.8 Å². The van der Waals surface area contributed by atoms with E-state index < -0.39 is 0 Å². The van der Waals surface area contributed by atoms with Gasteiger partial charge in [-0.3, -0.25) is 9.59 Å². The number of hydrogen-bond donors (Lipinski definition) is 1. The van der Waals surface area contributed by atoms with E-state index in [0.717, 1.165) is 6.20 Å². The molecule has 0 unspecified atom stereocenters. The Hall–Kier alpha value is -1.12. The largest absolute Gasteiger partial charge is 0.404 e. The molecule has 0 aliphatic heterocycles. The van der Waals surface area contributed by atoms with E-state index in [2.05, 4.69) is 0 Å². The summed E-state index contributed by atoms with van der Waals surface area (Å²) in [5.41, 5.74) is 5.04. The summed E-state index contributed by atoms with van der Waals surface area (Å²) in [6.07, 6.45) is 1.03. The molecule has 0 aromatic heterocycles. The lowest BCUT2D eigenvalue weighted by atomic mass is 10.1. The van der Waals surface area contributed by atoms with Gasteiger partial charge in [0.2, 0.25) is 0 Å². The van der Waals surface area contributed by atoms with Crippen LogP contribution in [0.15, 0.2) is 11.8 Å². The summed E-state index contributed by atoms with van der Waals surface area (Å²) >= 11 is 0. The van der Waals surface area contributed by atoms with Gasteiger partial charge in [-0.25, -0.2) is 0 Å². The molecule has 0 aliphatic rings. The second kappa shape index (κ2) is 3.02. The molecule has 0 heterocycles. The van der Waals surface area contributed by atoms with E-state index in [0.29, 0.717) is 0 Å². The van der Waals surface area contributed by atoms with Crippen LogP contribution in [0.3, 0.4) is 0 Å². The zero-order valence-corrected chi connectivity index (χ0v) is 5.47. The van der Waals surface area contributed by atoms with Crippen LogP contribution in [-0.4, -0.2) is 11.6 Å². The lowest BCUT2D eigenvalue weighted by Gasteiger charge is -1.92. The van der Waals surface area contributed by atoms with Crippen molar-refractivity contribution in [1.29, 1.82) is 0 Å². The van der Waals surface area contributed by atoms with Crippen LogP contribution in [0, 0.1) is 0 Å². The first kappa shape index (κ1) is 7.88. The van der Waals surface area contributed by atoms with Crippen molar-refractivity contribution in [2.24, 2.45) is 5.73 Å². The van der Waals surface area contributed by atoms with Gasteiger partial charge in [0.25, 0.3) is 0 Å². The van der Waals surface area contributed by atoms with Gasteiger partial charge >= 0.3 is 0 Å². The van der Waals surface area contributed by atoms with Crippen LogP contribution in [0.25, 0.3) is 0 Å². The van der Waals surface area contributed by atoms with E-state index >= 15 is 0 Å². The van der Waals surface area contributed by atoms with Crippen molar-refractivity contribution >= 4 is 11.6 Å². The Morgan fingerprint density at radius 3 is 1.56 bits per heavy atom. The summed E-state index contributed by atoms with van der Waals surface area (Å²) in [6, 6.07) is 0. The Bertz CT molecular complexity index is 154. The van der Waals surface area contributed by atoms with Gasteiger partial charge in [0.15, 0.2) is 11.6 Å². The highest BCUT2D eigenvalue weighted by atomic mass is 16.1. The molecule has 3 heteroatoms. The molecule has 0 saturated carbocycles. The van der Waals surface area contributed by atoms with E-state index in [4.69, 9.17) is 5.73 Å². The molecule has 0 atom stereocenters. The fourth-order valence-electron chi connectivity index (χ4n) is 0.483. The molecule has 0 fully saturated rings. The fourth-order valence-corrected chi connectivity index (χ4v) is 0.483. The molecule has 3 nitrogen and oxygen atoms in total. The lowest BCUT2D eigenvalue weighted by Crippen LogP contribution is -2.07. The standard InChI is InChI=1S/C6H9NO2/c1-4(8)6(3-7)5(2)9/h3H,7H2,1-2H3. The molecule has 9 heavy (non-hydrogen) atoms. The lowest BCUT2D eigenvalue weighted by molar-refractivity contribution is -0.119. The number of allylic oxidation sites excluding steroid dienone is 1. The van der Waals surface area contributed by atoms with Crippen LogP contribution in [0.2, 0.25) is 0 Å². The normalized spacial score (nSPS) is 8.22. The van der Waals surface area contributed by atoms with Crippen molar-refractivity contribution in [3.8, 4) is 0 Å². The first-order valence-electron chi connectivity index (χ1n) is 2.53. The predicted octanol–water partition coefficient (Wildman–Crippen LogP) is 0.00700. The zero-order valence-electron chi connectivity index (χ0n) is 5.47. The molecule has 0 saturated heterocycles. The molecule has 0 aromatic carbocycles. The van der Waals surface area contributed by atoms with Gasteiger partial charge in [0.05, 0.1) is 5.57 Å². The Balaban J connectivity index is 4.38. The molecule has 0 spiro atoms. The maximum atomic E-state index is 10.4. The van der Waals surface area contributed by atoms with Gasteiger partial charge in [-0.15, -0.1) is 0 Å². The summed E-state index contributed by atoms with van der Waals surface area (Å²) in [6.45, 7) is 2.61. The minimum atomic E-state index is -0.287. The average molecular weight is 127 g/mol. The van der Waals surface area contributed by atoms with Gasteiger partial charge in [-0.1, -0.05) is 0 Å². The number of rotatable bonds is 2. The summed E-state index contributed by atoms with van der Waals surface area (Å²) < 4.78 is 0. The second-order valence-corrected chi connectivity index (χ2v) is 1.69. The zero-order chi connectivity index (χ0) is 7.44. The number of carbonyl (C=O) groups excluding carboxylic acids is 2. The first-order valence-corrected chi connectivity index (χ1v) is 2.53. The monoisotopic (exact) mass is 127 g/mol. The Morgan fingerprint density at radius 2 is 1.56 bits per heavy atom. The molecule has 0 amide bonds. The van der Waals surface area contributed by atoms with Crippen LogP contribution < -0.4 is 5.73 Å². The van der Waals surface area contributed by atoms with Crippen LogP contribution >= 0.6 is 0 Å². The van der Waals surface area contributed by atoms with Gasteiger partial charge < -0.3 is 5.73 Å². The van der Waals surface area contributed by atoms with E-state index in [1.165, 1.54) is 13.8 Å². The summed E-state index contributed by atoms with van der Waals surface area (Å²) in [5, 5.41) is 0. The number of nitrogens with two attached hydrogens (primary N) is 1. The predicted molar refractivity (Wildman–Crippen MR) is 33.6 cm³/mol. The topological polar surface area (TPSA) is 60.2 Å². The van der Waals surface area contributed by atoms with Crippen molar-refractivity contribution in [2.45, 2.75) is 13.8 Å². The van der Waals surface area contributed by atoms with Crippen molar-refractivity contribution in [3.63, 3.8) is 0 Å². The van der Waals surface area contributed by atoms with Crippen LogP contribution in [0.4, 0.5) is 0 Å². The molecule has 0 aromatic rings. The van der Waals surface area contributed by atoms with Gasteiger partial charge in [-0.2, -0.15) is 0 Å². The molecule has 0 aliphatic carbocycles. The SMILES string of the molecule is CC(=O)C(=CN)C(C)=O. The van der Waals surface area contributed by atoms with E-state index in [-0.39, 0.29) is 17.1 Å². The van der Waals surface area contributed by atoms with Crippen molar-refractivity contribution in [1.82, 2.24) is 0 Å². The van der Waals surface area contributed by atoms with E-state index in [1.807, 2.05) is 0 Å². The van der Waals surface area contributed by atoms with Gasteiger partial charge in [0.1, 0.15) is 0 Å². The molecular formula is C6H9NO2. The Kier molecular flexibility index (Phi) is 2.64. The summed E-state index contributed by atoms with van der Waals surface area (Å²) in [4.78, 5) is 20.9. The highest BCUT2D eigenvalue weighted by Gasteiger charge is 2.06. The highest BCUT2D eigenvalue weighted by Crippen LogP contribution is 1.93. The summed E-state index contributed by atoms with van der Waals surface area (Å²) in [5.74, 6) is -0.574. The number of hydrogen-bond acceptors (Lipinski definition) is 3. The first-order chi connectivity index (χ1) is 4.09. The van der Waals surface area contributed by atoms with Gasteiger partial charge in [-0.05, 0) is 13.8 Å². The number of ketones is 2. The Labute approximate surface area is 53.5 Å². The molecule has 2 N–H and O–H groups in total. The molecule has 0 bridgehead atoms. The second-order valence-electron chi connectivity index (χ2n) is 1.69. The minimum Gasteiger partial charge on any atom is -0.404 e. The van der Waals surface area contributed by atoms with E-state index in [9.17, 15) is 9.59 Å². The molecule has 50 valence electrons. The van der Waals surface area contributed by atoms with Gasteiger partial charge in [0, 0.05) is 6.20 Å².